The van der Waals surface area contributed by atoms with E-state index >= 15 is 0 Å². The number of aromatic nitrogens is 2. The lowest BCUT2D eigenvalue weighted by molar-refractivity contribution is -0.139. The zero-order valence-electron chi connectivity index (χ0n) is 22.4. The summed E-state index contributed by atoms with van der Waals surface area (Å²) in [4.78, 5) is 38.4. The van der Waals surface area contributed by atoms with Gasteiger partial charge in [-0.05, 0) is 74.9 Å². The summed E-state index contributed by atoms with van der Waals surface area (Å²) >= 11 is 1.24. The van der Waals surface area contributed by atoms with Crippen LogP contribution in [-0.4, -0.2) is 45.3 Å². The molecule has 1 N–H and O–H groups in total. The number of carbonyl (C=O) groups excluding carboxylic acids is 2. The van der Waals surface area contributed by atoms with E-state index in [2.05, 4.69) is 27.4 Å². The minimum Gasteiger partial charge on any atom is -0.454 e. The van der Waals surface area contributed by atoms with Gasteiger partial charge in [-0.25, -0.2) is 14.4 Å². The van der Waals surface area contributed by atoms with E-state index in [9.17, 15) is 14.0 Å². The summed E-state index contributed by atoms with van der Waals surface area (Å²) in [6.07, 6.45) is 6.41. The van der Waals surface area contributed by atoms with Gasteiger partial charge >= 0.3 is 0 Å². The number of allylic oxidation sites excluding steroid dienone is 2. The average Bonchev–Trinajstić information content (AvgIpc) is 3.41. The Morgan fingerprint density at radius 2 is 1.80 bits per heavy atom. The summed E-state index contributed by atoms with van der Waals surface area (Å²) in [7, 11) is 0. The van der Waals surface area contributed by atoms with Crippen molar-refractivity contribution in [3.63, 3.8) is 0 Å². The van der Waals surface area contributed by atoms with Crippen LogP contribution >= 0.6 is 11.8 Å². The van der Waals surface area contributed by atoms with Crippen molar-refractivity contribution in [3.05, 3.63) is 83.5 Å². The third-order valence-electron chi connectivity index (χ3n) is 6.87. The lowest BCUT2D eigenvalue weighted by atomic mass is 9.86. The normalized spacial score (nSPS) is 16.4. The third-order valence-corrected chi connectivity index (χ3v) is 7.71. The molecule has 2 heterocycles. The molecule has 2 aromatic carbocycles. The summed E-state index contributed by atoms with van der Waals surface area (Å²) in [5.41, 5.74) is 2.92. The lowest BCUT2D eigenvalue weighted by Crippen LogP contribution is -2.51. The lowest BCUT2D eigenvalue weighted by Gasteiger charge is -2.37. The largest absolute Gasteiger partial charge is 0.454 e. The van der Waals surface area contributed by atoms with Crippen molar-refractivity contribution in [1.29, 1.82) is 0 Å². The summed E-state index contributed by atoms with van der Waals surface area (Å²) < 4.78 is 24.5. The monoisotopic (exact) mass is 562 g/mol. The van der Waals surface area contributed by atoms with Crippen molar-refractivity contribution in [2.75, 3.05) is 17.9 Å². The molecule has 10 heteroatoms. The Kier molecular flexibility index (Phi) is 8.64. The molecule has 0 saturated heterocycles. The fourth-order valence-electron chi connectivity index (χ4n) is 5.00. The summed E-state index contributed by atoms with van der Waals surface area (Å²) in [5, 5.41) is 3.51. The zero-order valence-corrected chi connectivity index (χ0v) is 23.2. The number of fused-ring (bicyclic) bond motifs is 1. The van der Waals surface area contributed by atoms with Gasteiger partial charge in [0.05, 0.1) is 5.75 Å². The van der Waals surface area contributed by atoms with E-state index in [4.69, 9.17) is 9.47 Å². The number of nitrogens with zero attached hydrogens (tertiary/aromatic N) is 3. The molecule has 0 radical (unpaired) electrons. The number of aryl methyl sites for hydroxylation is 2. The van der Waals surface area contributed by atoms with Crippen LogP contribution in [0.4, 0.5) is 10.1 Å². The van der Waals surface area contributed by atoms with Gasteiger partial charge in [-0.15, -0.1) is 0 Å². The van der Waals surface area contributed by atoms with E-state index in [0.29, 0.717) is 28.8 Å². The Bertz CT molecular complexity index is 1400. The van der Waals surface area contributed by atoms with Gasteiger partial charge in [-0.3, -0.25) is 9.59 Å². The topological polar surface area (TPSA) is 93.7 Å². The SMILES string of the molecule is Cc1cc(C)nc(SCC(=O)N(Cc2ccc(F)cc2)[C@H](C(=O)Nc2ccc3c(c2)OCO3)[C@H]2CC=CCC2)n1. The molecule has 3 aromatic rings. The number of halogens is 1. The number of carbonyl (C=O) groups is 2. The number of thioether (sulfide) groups is 1. The second kappa shape index (κ2) is 12.5. The highest BCUT2D eigenvalue weighted by Gasteiger charge is 2.37. The first-order valence-corrected chi connectivity index (χ1v) is 14.2. The Morgan fingerprint density at radius 3 is 2.52 bits per heavy atom. The molecule has 208 valence electrons. The minimum atomic E-state index is -0.756. The number of nitrogens with one attached hydrogen (secondary N) is 1. The molecule has 0 saturated carbocycles. The molecule has 8 nitrogen and oxygen atoms in total. The van der Waals surface area contributed by atoms with Crippen LogP contribution in [0.2, 0.25) is 0 Å². The molecule has 40 heavy (non-hydrogen) atoms. The summed E-state index contributed by atoms with van der Waals surface area (Å²) in [6, 6.07) is 12.3. The van der Waals surface area contributed by atoms with Crippen molar-refractivity contribution in [2.24, 2.45) is 5.92 Å². The van der Waals surface area contributed by atoms with Crippen LogP contribution < -0.4 is 14.8 Å². The molecule has 1 aromatic heterocycles. The Hall–Kier alpha value is -3.92. The van der Waals surface area contributed by atoms with Gasteiger partial charge < -0.3 is 19.7 Å². The predicted molar refractivity (Wildman–Crippen MR) is 151 cm³/mol. The Morgan fingerprint density at radius 1 is 1.05 bits per heavy atom. The van der Waals surface area contributed by atoms with E-state index in [1.165, 1.54) is 23.9 Å². The molecule has 0 bridgehead atoms. The van der Waals surface area contributed by atoms with Gasteiger partial charge in [0.1, 0.15) is 11.9 Å². The number of amides is 2. The first-order valence-electron chi connectivity index (χ1n) is 13.2. The quantitative estimate of drug-likeness (QED) is 0.211. The molecule has 5 rings (SSSR count). The van der Waals surface area contributed by atoms with Crippen LogP contribution in [0.1, 0.15) is 36.2 Å². The van der Waals surface area contributed by atoms with E-state index in [-0.39, 0.29) is 42.6 Å². The third kappa shape index (κ3) is 6.80. The highest BCUT2D eigenvalue weighted by Crippen LogP contribution is 2.35. The number of hydrogen-bond acceptors (Lipinski definition) is 7. The van der Waals surface area contributed by atoms with Gasteiger partial charge in [0, 0.05) is 29.7 Å². The Balaban J connectivity index is 1.44. The molecule has 0 unspecified atom stereocenters. The number of rotatable bonds is 9. The number of hydrogen-bond donors (Lipinski definition) is 1. The molecular formula is C30H31FN4O4S. The maximum atomic E-state index is 14.0. The number of ether oxygens (including phenoxy) is 2. The van der Waals surface area contributed by atoms with Crippen LogP contribution in [0.5, 0.6) is 11.5 Å². The zero-order chi connectivity index (χ0) is 28.1. The minimum absolute atomic E-state index is 0.0560. The van der Waals surface area contributed by atoms with Crippen LogP contribution in [0.25, 0.3) is 0 Å². The number of anilines is 1. The van der Waals surface area contributed by atoms with Crippen molar-refractivity contribution < 1.29 is 23.5 Å². The summed E-state index contributed by atoms with van der Waals surface area (Å²) in [6.45, 7) is 4.06. The highest BCUT2D eigenvalue weighted by molar-refractivity contribution is 7.99. The first kappa shape index (κ1) is 27.6. The molecular weight excluding hydrogens is 531 g/mol. The van der Waals surface area contributed by atoms with Gasteiger partial charge in [0.2, 0.25) is 18.6 Å². The van der Waals surface area contributed by atoms with Crippen LogP contribution in [0.15, 0.2) is 65.8 Å². The van der Waals surface area contributed by atoms with E-state index in [0.717, 1.165) is 29.8 Å². The fourth-order valence-corrected chi connectivity index (χ4v) is 5.84. The number of benzene rings is 2. The van der Waals surface area contributed by atoms with Crippen LogP contribution in [-0.2, 0) is 16.1 Å². The standard InChI is InChI=1S/C30H31FN4O4S/c1-19-14-20(2)33-30(32-19)40-17-27(36)35(16-21-8-10-23(31)11-9-21)28(22-6-4-3-5-7-22)29(37)34-24-12-13-25-26(15-24)39-18-38-25/h3-4,8-15,22,28H,5-7,16-18H2,1-2H3,(H,34,37)/t22-,28-/m0/s1. The second-order valence-electron chi connectivity index (χ2n) is 9.92. The van der Waals surface area contributed by atoms with E-state index in [1.54, 1.807) is 35.2 Å². The van der Waals surface area contributed by atoms with Crippen molar-refractivity contribution >= 4 is 29.3 Å². The van der Waals surface area contributed by atoms with Gasteiger partial charge in [-0.2, -0.15) is 0 Å². The van der Waals surface area contributed by atoms with Gasteiger partial charge in [0.15, 0.2) is 16.7 Å². The molecule has 0 spiro atoms. The Labute approximate surface area is 237 Å². The molecule has 2 amide bonds. The van der Waals surface area contributed by atoms with Crippen molar-refractivity contribution in [3.8, 4) is 11.5 Å². The fraction of sp³-hybridized carbons (Fsp3) is 0.333. The van der Waals surface area contributed by atoms with E-state index < -0.39 is 6.04 Å². The average molecular weight is 563 g/mol. The maximum Gasteiger partial charge on any atom is 0.247 e. The molecule has 1 aliphatic heterocycles. The van der Waals surface area contributed by atoms with Crippen molar-refractivity contribution in [1.82, 2.24) is 14.9 Å². The summed E-state index contributed by atoms with van der Waals surface area (Å²) in [5.74, 6) is 0.259. The van der Waals surface area contributed by atoms with Crippen LogP contribution in [0, 0.1) is 25.6 Å². The van der Waals surface area contributed by atoms with E-state index in [1.807, 2.05) is 19.9 Å². The molecule has 2 aliphatic rings. The van der Waals surface area contributed by atoms with Crippen molar-refractivity contribution in [2.45, 2.75) is 50.9 Å². The highest BCUT2D eigenvalue weighted by atomic mass is 32.2. The molecule has 2 atom stereocenters. The molecule has 0 fully saturated rings. The smallest absolute Gasteiger partial charge is 0.247 e. The van der Waals surface area contributed by atoms with Gasteiger partial charge in [-0.1, -0.05) is 36.0 Å². The van der Waals surface area contributed by atoms with Gasteiger partial charge in [0.25, 0.3) is 0 Å². The molecule has 1 aliphatic carbocycles. The first-order chi connectivity index (χ1) is 19.4. The predicted octanol–water partition coefficient (Wildman–Crippen LogP) is 5.45. The second-order valence-corrected chi connectivity index (χ2v) is 10.9. The van der Waals surface area contributed by atoms with Crippen LogP contribution in [0.3, 0.4) is 0 Å². The maximum absolute atomic E-state index is 14.0.